The van der Waals surface area contributed by atoms with Crippen LogP contribution in [0.1, 0.15) is 23.2 Å². The van der Waals surface area contributed by atoms with Gasteiger partial charge in [0.1, 0.15) is 5.82 Å². The Balaban J connectivity index is 1.88. The maximum absolute atomic E-state index is 13.0. The first-order chi connectivity index (χ1) is 8.66. The van der Waals surface area contributed by atoms with Gasteiger partial charge in [-0.05, 0) is 52.9 Å². The van der Waals surface area contributed by atoms with E-state index in [-0.39, 0.29) is 11.7 Å². The molecule has 3 nitrogen and oxygen atoms in total. The second-order valence-electron chi connectivity index (χ2n) is 4.42. The minimum atomic E-state index is -0.368. The molecule has 1 aliphatic rings. The maximum Gasteiger partial charge on any atom is 0.251 e. The predicted molar refractivity (Wildman–Crippen MR) is 70.0 cm³/mol. The van der Waals surface area contributed by atoms with Gasteiger partial charge in [-0.25, -0.2) is 4.39 Å². The molecule has 98 valence electrons. The van der Waals surface area contributed by atoms with Crippen molar-refractivity contribution in [3.05, 3.63) is 34.1 Å². The molecule has 0 radical (unpaired) electrons. The fraction of sp³-hybridized carbons (Fsp3) is 0.462. The Labute approximate surface area is 114 Å². The van der Waals surface area contributed by atoms with Crippen molar-refractivity contribution >= 4 is 21.8 Å². The largest absolute Gasteiger partial charge is 0.381 e. The Morgan fingerprint density at radius 3 is 3.06 bits per heavy atom. The van der Waals surface area contributed by atoms with E-state index < -0.39 is 0 Å². The van der Waals surface area contributed by atoms with E-state index in [1.807, 2.05) is 0 Å². The first-order valence-corrected chi connectivity index (χ1v) is 6.77. The van der Waals surface area contributed by atoms with E-state index in [0.717, 1.165) is 19.4 Å². The molecule has 0 saturated carbocycles. The lowest BCUT2D eigenvalue weighted by Gasteiger charge is -2.22. The Hall–Kier alpha value is -0.940. The summed E-state index contributed by atoms with van der Waals surface area (Å²) in [4.78, 5) is 11.9. The molecule has 1 aromatic rings. The normalized spacial score (nSPS) is 19.6. The first kappa shape index (κ1) is 13.5. The predicted octanol–water partition coefficient (Wildman–Crippen LogP) is 2.74. The molecule has 1 amide bonds. The molecule has 5 heteroatoms. The van der Waals surface area contributed by atoms with Crippen LogP contribution in [0.5, 0.6) is 0 Å². The number of amides is 1. The smallest absolute Gasteiger partial charge is 0.251 e. The van der Waals surface area contributed by atoms with Crippen LogP contribution in [0.3, 0.4) is 0 Å². The molecule has 2 rings (SSSR count). The Kier molecular flexibility index (Phi) is 4.72. The highest BCUT2D eigenvalue weighted by Crippen LogP contribution is 2.17. The van der Waals surface area contributed by atoms with Crippen LogP contribution >= 0.6 is 15.9 Å². The van der Waals surface area contributed by atoms with E-state index >= 15 is 0 Å². The second kappa shape index (κ2) is 6.29. The molecular weight excluding hydrogens is 301 g/mol. The lowest BCUT2D eigenvalue weighted by atomic mass is 10.0. The zero-order valence-corrected chi connectivity index (χ0v) is 11.5. The van der Waals surface area contributed by atoms with Gasteiger partial charge in [-0.2, -0.15) is 0 Å². The SMILES string of the molecule is O=C(NCC1CCCOC1)c1ccc(F)c(Br)c1. The van der Waals surface area contributed by atoms with Gasteiger partial charge in [0.25, 0.3) is 5.91 Å². The summed E-state index contributed by atoms with van der Waals surface area (Å²) in [5, 5.41) is 2.85. The molecule has 1 unspecified atom stereocenters. The van der Waals surface area contributed by atoms with Crippen LogP contribution in [0.2, 0.25) is 0 Å². The molecule has 0 aromatic heterocycles. The fourth-order valence-corrected chi connectivity index (χ4v) is 2.32. The number of ether oxygens (including phenoxy) is 1. The van der Waals surface area contributed by atoms with Crippen LogP contribution in [0.25, 0.3) is 0 Å². The van der Waals surface area contributed by atoms with Gasteiger partial charge in [0, 0.05) is 18.7 Å². The molecule has 1 aromatic carbocycles. The van der Waals surface area contributed by atoms with Gasteiger partial charge in [-0.15, -0.1) is 0 Å². The highest BCUT2D eigenvalue weighted by molar-refractivity contribution is 9.10. The van der Waals surface area contributed by atoms with Gasteiger partial charge in [0.15, 0.2) is 0 Å². The maximum atomic E-state index is 13.0. The van der Waals surface area contributed by atoms with Gasteiger partial charge in [0.05, 0.1) is 11.1 Å². The Bertz CT molecular complexity index is 433. The number of halogens is 2. The van der Waals surface area contributed by atoms with Crippen LogP contribution in [0.4, 0.5) is 4.39 Å². The summed E-state index contributed by atoms with van der Waals surface area (Å²) >= 11 is 3.07. The van der Waals surface area contributed by atoms with Crippen molar-refractivity contribution in [1.29, 1.82) is 0 Å². The fourth-order valence-electron chi connectivity index (χ4n) is 1.94. The van der Waals surface area contributed by atoms with Crippen molar-refractivity contribution in [2.45, 2.75) is 12.8 Å². The van der Waals surface area contributed by atoms with Gasteiger partial charge in [-0.3, -0.25) is 4.79 Å². The molecule has 0 spiro atoms. The van der Waals surface area contributed by atoms with Crippen molar-refractivity contribution in [3.8, 4) is 0 Å². The summed E-state index contributed by atoms with van der Waals surface area (Å²) in [6.07, 6.45) is 2.12. The summed E-state index contributed by atoms with van der Waals surface area (Å²) in [6.45, 7) is 2.12. The van der Waals surface area contributed by atoms with Gasteiger partial charge in [0.2, 0.25) is 0 Å². The van der Waals surface area contributed by atoms with E-state index in [2.05, 4.69) is 21.2 Å². The first-order valence-electron chi connectivity index (χ1n) is 5.98. The van der Waals surface area contributed by atoms with E-state index in [0.29, 0.717) is 29.1 Å². The van der Waals surface area contributed by atoms with Crippen molar-refractivity contribution in [3.63, 3.8) is 0 Å². The minimum Gasteiger partial charge on any atom is -0.381 e. The van der Waals surface area contributed by atoms with Crippen molar-refractivity contribution in [2.75, 3.05) is 19.8 Å². The van der Waals surface area contributed by atoms with E-state index in [4.69, 9.17) is 4.74 Å². The van der Waals surface area contributed by atoms with Gasteiger partial charge in [-0.1, -0.05) is 0 Å². The summed E-state index contributed by atoms with van der Waals surface area (Å²) in [6, 6.07) is 4.25. The third kappa shape index (κ3) is 3.53. The van der Waals surface area contributed by atoms with Gasteiger partial charge < -0.3 is 10.1 Å². The number of nitrogens with one attached hydrogen (secondary N) is 1. The van der Waals surface area contributed by atoms with Crippen LogP contribution in [-0.2, 0) is 4.74 Å². The highest BCUT2D eigenvalue weighted by Gasteiger charge is 2.15. The van der Waals surface area contributed by atoms with Crippen molar-refractivity contribution in [2.24, 2.45) is 5.92 Å². The standard InChI is InChI=1S/C13H15BrFNO2/c14-11-6-10(3-4-12(11)15)13(17)16-7-9-2-1-5-18-8-9/h3-4,6,9H,1-2,5,7-8H2,(H,16,17). The lowest BCUT2D eigenvalue weighted by Crippen LogP contribution is -2.33. The number of carbonyl (C=O) groups is 1. The summed E-state index contributed by atoms with van der Waals surface area (Å²) in [5.41, 5.74) is 0.458. The molecule has 18 heavy (non-hydrogen) atoms. The Morgan fingerprint density at radius 1 is 1.56 bits per heavy atom. The Morgan fingerprint density at radius 2 is 2.39 bits per heavy atom. The van der Waals surface area contributed by atoms with Crippen molar-refractivity contribution in [1.82, 2.24) is 5.32 Å². The number of carbonyl (C=O) groups excluding carboxylic acids is 1. The molecule has 1 atom stereocenters. The quantitative estimate of drug-likeness (QED) is 0.931. The third-order valence-corrected chi connectivity index (χ3v) is 3.60. The van der Waals surface area contributed by atoms with Gasteiger partial charge >= 0.3 is 0 Å². The molecule has 0 aliphatic carbocycles. The number of rotatable bonds is 3. The zero-order valence-electron chi connectivity index (χ0n) is 9.92. The molecular formula is C13H15BrFNO2. The molecule has 1 N–H and O–H groups in total. The summed E-state index contributed by atoms with van der Waals surface area (Å²) in [7, 11) is 0. The summed E-state index contributed by atoms with van der Waals surface area (Å²) in [5.74, 6) is -0.167. The zero-order chi connectivity index (χ0) is 13.0. The highest BCUT2D eigenvalue weighted by atomic mass is 79.9. The monoisotopic (exact) mass is 315 g/mol. The molecule has 0 bridgehead atoms. The van der Waals surface area contributed by atoms with E-state index in [1.54, 1.807) is 0 Å². The van der Waals surface area contributed by atoms with Crippen LogP contribution in [0, 0.1) is 11.7 Å². The topological polar surface area (TPSA) is 38.3 Å². The number of benzene rings is 1. The van der Waals surface area contributed by atoms with E-state index in [1.165, 1.54) is 18.2 Å². The number of hydrogen-bond acceptors (Lipinski definition) is 2. The van der Waals surface area contributed by atoms with E-state index in [9.17, 15) is 9.18 Å². The minimum absolute atomic E-state index is 0.179. The average Bonchev–Trinajstić information content (AvgIpc) is 2.40. The number of hydrogen-bond donors (Lipinski definition) is 1. The average molecular weight is 316 g/mol. The molecule has 1 saturated heterocycles. The second-order valence-corrected chi connectivity index (χ2v) is 5.28. The van der Waals surface area contributed by atoms with Crippen molar-refractivity contribution < 1.29 is 13.9 Å². The molecule has 1 aliphatic heterocycles. The van der Waals surface area contributed by atoms with Crippen LogP contribution < -0.4 is 5.32 Å². The summed E-state index contributed by atoms with van der Waals surface area (Å²) < 4.78 is 18.7. The molecule has 1 heterocycles. The molecule has 1 fully saturated rings. The van der Waals surface area contributed by atoms with Crippen LogP contribution in [-0.4, -0.2) is 25.7 Å². The van der Waals surface area contributed by atoms with Crippen LogP contribution in [0.15, 0.2) is 22.7 Å². The third-order valence-electron chi connectivity index (χ3n) is 2.99. The lowest BCUT2D eigenvalue weighted by molar-refractivity contribution is 0.0536.